The second-order valence-electron chi connectivity index (χ2n) is 7.81. The molecule has 4 rings (SSSR count). The molecule has 1 fully saturated rings. The second kappa shape index (κ2) is 9.35. The average molecular weight is 422 g/mol. The van der Waals surface area contributed by atoms with Crippen molar-refractivity contribution in [1.82, 2.24) is 15.0 Å². The first-order valence-corrected chi connectivity index (χ1v) is 10.8. The summed E-state index contributed by atoms with van der Waals surface area (Å²) in [5.41, 5.74) is 1.92. The van der Waals surface area contributed by atoms with Crippen LogP contribution in [0.4, 0.5) is 0 Å². The van der Waals surface area contributed by atoms with Gasteiger partial charge in [-0.05, 0) is 37.0 Å². The van der Waals surface area contributed by atoms with E-state index < -0.39 is 5.69 Å². The van der Waals surface area contributed by atoms with E-state index in [1.807, 2.05) is 42.5 Å². The quantitative estimate of drug-likeness (QED) is 0.590. The minimum absolute atomic E-state index is 0.220. The highest BCUT2D eigenvalue weighted by atomic mass is 35.5. The molecule has 0 unspecified atom stereocenters. The minimum atomic E-state index is -0.479. The monoisotopic (exact) mass is 421 g/mol. The molecule has 1 saturated carbocycles. The summed E-state index contributed by atoms with van der Waals surface area (Å²) < 4.78 is 0. The normalized spacial score (nSPS) is 14.6. The van der Waals surface area contributed by atoms with Crippen LogP contribution in [0.15, 0.2) is 53.3 Å². The van der Waals surface area contributed by atoms with Crippen molar-refractivity contribution in [1.29, 1.82) is 0 Å². The van der Waals surface area contributed by atoms with Crippen LogP contribution in [0.25, 0.3) is 22.8 Å². The van der Waals surface area contributed by atoms with Crippen LogP contribution in [0, 0.1) is 5.92 Å². The molecule has 0 atom stereocenters. The molecule has 0 aliphatic heterocycles. The summed E-state index contributed by atoms with van der Waals surface area (Å²) in [6.07, 6.45) is 6.79. The third-order valence-corrected chi connectivity index (χ3v) is 6.02. The minimum Gasteiger partial charge on any atom is -0.299 e. The number of carbonyl (C=O) groups excluding carboxylic acids is 1. The van der Waals surface area contributed by atoms with Gasteiger partial charge in [0.1, 0.15) is 11.6 Å². The summed E-state index contributed by atoms with van der Waals surface area (Å²) in [6, 6.07) is 15.0. The lowest BCUT2D eigenvalue weighted by Gasteiger charge is -2.20. The van der Waals surface area contributed by atoms with Crippen molar-refractivity contribution in [2.24, 2.45) is 5.92 Å². The number of benzene rings is 2. The topological polar surface area (TPSA) is 75.7 Å². The highest BCUT2D eigenvalue weighted by molar-refractivity contribution is 6.33. The first-order chi connectivity index (χ1) is 14.6. The molecule has 0 amide bonds. The van der Waals surface area contributed by atoms with Gasteiger partial charge in [-0.15, -0.1) is 0 Å². The number of aryl methyl sites for hydroxylation is 1. The summed E-state index contributed by atoms with van der Waals surface area (Å²) in [4.78, 5) is 35.9. The lowest BCUT2D eigenvalue weighted by atomic mass is 9.84. The number of Topliss-reactive ketones (excluding diaryl/α,β-unsaturated/α-hetero) is 1. The number of H-pyrrole nitrogens is 1. The summed E-state index contributed by atoms with van der Waals surface area (Å²) >= 11 is 6.42. The first kappa shape index (κ1) is 20.5. The molecule has 0 spiro atoms. The molecule has 2 aromatic carbocycles. The Morgan fingerprint density at radius 3 is 2.57 bits per heavy atom. The predicted octanol–water partition coefficient (Wildman–Crippen LogP) is 5.23. The molecular formula is C24H24ClN3O2. The van der Waals surface area contributed by atoms with Crippen molar-refractivity contribution in [3.8, 4) is 22.8 Å². The molecule has 1 aromatic heterocycles. The molecule has 1 N–H and O–H groups in total. The van der Waals surface area contributed by atoms with Crippen LogP contribution in [0.3, 0.4) is 0 Å². The van der Waals surface area contributed by atoms with Crippen LogP contribution < -0.4 is 5.69 Å². The van der Waals surface area contributed by atoms with E-state index in [1.165, 1.54) is 6.42 Å². The summed E-state index contributed by atoms with van der Waals surface area (Å²) in [6.45, 7) is 0. The molecule has 0 radical (unpaired) electrons. The Hall–Kier alpha value is -2.79. The largest absolute Gasteiger partial charge is 0.348 e. The Bertz CT molecular complexity index is 1090. The Kier molecular flexibility index (Phi) is 6.38. The lowest BCUT2D eigenvalue weighted by molar-refractivity contribution is -0.123. The zero-order chi connectivity index (χ0) is 20.9. The van der Waals surface area contributed by atoms with Crippen LogP contribution in [0.1, 0.15) is 44.1 Å². The van der Waals surface area contributed by atoms with Crippen molar-refractivity contribution in [3.05, 3.63) is 69.6 Å². The maximum Gasteiger partial charge on any atom is 0.348 e. The number of rotatable bonds is 6. The van der Waals surface area contributed by atoms with Gasteiger partial charge in [0.25, 0.3) is 0 Å². The number of hydrogen-bond acceptors (Lipinski definition) is 4. The van der Waals surface area contributed by atoms with E-state index in [-0.39, 0.29) is 5.92 Å². The number of ketones is 1. The number of carbonyl (C=O) groups is 1. The third-order valence-electron chi connectivity index (χ3n) is 5.69. The zero-order valence-electron chi connectivity index (χ0n) is 16.7. The lowest BCUT2D eigenvalue weighted by Crippen LogP contribution is -2.18. The number of halogens is 1. The maximum absolute atomic E-state index is 12.5. The molecule has 6 heteroatoms. The number of aromatic nitrogens is 3. The fourth-order valence-corrected chi connectivity index (χ4v) is 4.24. The first-order valence-electron chi connectivity index (χ1n) is 10.5. The number of hydrogen-bond donors (Lipinski definition) is 1. The van der Waals surface area contributed by atoms with Crippen molar-refractivity contribution in [3.63, 3.8) is 0 Å². The molecule has 3 aromatic rings. The van der Waals surface area contributed by atoms with E-state index in [9.17, 15) is 9.59 Å². The van der Waals surface area contributed by atoms with Crippen molar-refractivity contribution >= 4 is 17.4 Å². The number of nitrogens with zero attached hydrogens (tertiary/aromatic N) is 2. The second-order valence-corrected chi connectivity index (χ2v) is 8.21. The molecule has 5 nitrogen and oxygen atoms in total. The molecule has 30 heavy (non-hydrogen) atoms. The van der Waals surface area contributed by atoms with E-state index in [0.717, 1.165) is 36.8 Å². The fraction of sp³-hybridized carbons (Fsp3) is 0.333. The fourth-order valence-electron chi connectivity index (χ4n) is 4.03. The molecular weight excluding hydrogens is 398 g/mol. The summed E-state index contributed by atoms with van der Waals surface area (Å²) in [7, 11) is 0. The third kappa shape index (κ3) is 4.85. The average Bonchev–Trinajstić information content (AvgIpc) is 2.79. The number of aromatic amines is 1. The Labute approximate surface area is 180 Å². The van der Waals surface area contributed by atoms with Crippen LogP contribution >= 0.6 is 11.6 Å². The van der Waals surface area contributed by atoms with Crippen molar-refractivity contribution < 1.29 is 4.79 Å². The van der Waals surface area contributed by atoms with E-state index in [1.54, 1.807) is 6.07 Å². The van der Waals surface area contributed by atoms with Crippen LogP contribution in [0.2, 0.25) is 5.02 Å². The molecule has 1 aliphatic carbocycles. The Morgan fingerprint density at radius 1 is 1.03 bits per heavy atom. The van der Waals surface area contributed by atoms with Gasteiger partial charge in [0, 0.05) is 23.5 Å². The highest BCUT2D eigenvalue weighted by Gasteiger charge is 2.20. The van der Waals surface area contributed by atoms with E-state index in [4.69, 9.17) is 11.6 Å². The molecule has 0 saturated heterocycles. The van der Waals surface area contributed by atoms with Gasteiger partial charge in [-0.2, -0.15) is 4.98 Å². The standard InChI is InChI=1S/C24H24ClN3O2/c25-20-13-11-16(12-14-21(29)17-7-3-1-4-8-17)15-19(20)23-26-22(27-24(30)28-23)18-9-5-2-6-10-18/h2,5-6,9-11,13,15,17H,1,3-4,7-8,12,14H2,(H,26,27,28,30). The summed E-state index contributed by atoms with van der Waals surface area (Å²) in [5, 5.41) is 0.491. The van der Waals surface area contributed by atoms with E-state index in [2.05, 4.69) is 15.0 Å². The molecule has 154 valence electrons. The van der Waals surface area contributed by atoms with Crippen molar-refractivity contribution in [2.45, 2.75) is 44.9 Å². The van der Waals surface area contributed by atoms with Crippen LogP contribution in [-0.2, 0) is 11.2 Å². The van der Waals surface area contributed by atoms with E-state index in [0.29, 0.717) is 40.9 Å². The molecule has 1 heterocycles. The maximum atomic E-state index is 12.5. The van der Waals surface area contributed by atoms with Crippen LogP contribution in [-0.4, -0.2) is 20.7 Å². The van der Waals surface area contributed by atoms with Crippen LogP contribution in [0.5, 0.6) is 0 Å². The van der Waals surface area contributed by atoms with E-state index >= 15 is 0 Å². The highest BCUT2D eigenvalue weighted by Crippen LogP contribution is 2.29. The van der Waals surface area contributed by atoms with Gasteiger partial charge < -0.3 is 0 Å². The SMILES string of the molecule is O=C(CCc1ccc(Cl)c(-c2nc(-c3ccccc3)nc(=O)[nH]2)c1)C1CCCCC1. The van der Waals surface area contributed by atoms with Gasteiger partial charge in [-0.25, -0.2) is 9.78 Å². The summed E-state index contributed by atoms with van der Waals surface area (Å²) in [5.74, 6) is 1.30. The predicted molar refractivity (Wildman–Crippen MR) is 118 cm³/mol. The van der Waals surface area contributed by atoms with Crippen molar-refractivity contribution in [2.75, 3.05) is 0 Å². The van der Waals surface area contributed by atoms with Gasteiger partial charge in [-0.1, -0.05) is 67.3 Å². The smallest absolute Gasteiger partial charge is 0.299 e. The van der Waals surface area contributed by atoms with Gasteiger partial charge in [-0.3, -0.25) is 9.78 Å². The van der Waals surface area contributed by atoms with Gasteiger partial charge >= 0.3 is 5.69 Å². The van der Waals surface area contributed by atoms with Gasteiger partial charge in [0.05, 0.1) is 5.02 Å². The Morgan fingerprint density at radius 2 is 1.80 bits per heavy atom. The van der Waals surface area contributed by atoms with Gasteiger partial charge in [0.15, 0.2) is 5.82 Å². The molecule has 0 bridgehead atoms. The molecule has 1 aliphatic rings. The Balaban J connectivity index is 1.57. The number of nitrogens with one attached hydrogen (secondary N) is 1. The zero-order valence-corrected chi connectivity index (χ0v) is 17.5. The van der Waals surface area contributed by atoms with Gasteiger partial charge in [0.2, 0.25) is 0 Å².